The Morgan fingerprint density at radius 3 is 2.88 bits per heavy atom. The summed E-state index contributed by atoms with van der Waals surface area (Å²) in [6, 6.07) is 8.06. The number of carbonyl (C=O) groups is 1. The van der Waals surface area contributed by atoms with Crippen molar-refractivity contribution in [2.45, 2.75) is 31.7 Å². The highest BCUT2D eigenvalue weighted by Gasteiger charge is 2.17. The minimum Gasteiger partial charge on any atom is -0.484 e. The molecule has 1 aliphatic rings. The number of halogens is 1. The van der Waals surface area contributed by atoms with E-state index in [1.807, 2.05) is 24.3 Å². The van der Waals surface area contributed by atoms with Gasteiger partial charge in [-0.05, 0) is 53.6 Å². The lowest BCUT2D eigenvalue weighted by molar-refractivity contribution is -0.123. The maximum atomic E-state index is 11.6. The van der Waals surface area contributed by atoms with Crippen molar-refractivity contribution in [2.75, 3.05) is 6.61 Å². The summed E-state index contributed by atoms with van der Waals surface area (Å²) in [6.45, 7) is 0.108. The van der Waals surface area contributed by atoms with Crippen LogP contribution in [0.4, 0.5) is 0 Å². The van der Waals surface area contributed by atoms with Gasteiger partial charge in [0.2, 0.25) is 0 Å². The van der Waals surface area contributed by atoms with Crippen LogP contribution in [0.15, 0.2) is 24.3 Å². The van der Waals surface area contributed by atoms with Crippen molar-refractivity contribution in [2.24, 2.45) is 0 Å². The van der Waals surface area contributed by atoms with E-state index < -0.39 is 0 Å². The molecule has 1 aromatic rings. The molecule has 1 amide bonds. The lowest BCUT2D eigenvalue weighted by Gasteiger charge is -2.12. The summed E-state index contributed by atoms with van der Waals surface area (Å²) in [7, 11) is 0. The first kappa shape index (κ1) is 12.7. The third kappa shape index (κ3) is 4.18. The molecule has 2 rings (SSSR count). The zero-order valence-electron chi connectivity index (χ0n) is 9.62. The van der Waals surface area contributed by atoms with Crippen molar-refractivity contribution in [3.8, 4) is 5.75 Å². The van der Waals surface area contributed by atoms with Gasteiger partial charge in [0.15, 0.2) is 6.61 Å². The fraction of sp³-hybridized carbons (Fsp3) is 0.462. The molecule has 1 aliphatic carbocycles. The fourth-order valence-electron chi connectivity index (χ4n) is 2.05. The van der Waals surface area contributed by atoms with Crippen LogP contribution in [0, 0.1) is 3.57 Å². The van der Waals surface area contributed by atoms with Gasteiger partial charge in [-0.25, -0.2) is 0 Å². The van der Waals surface area contributed by atoms with E-state index in [0.717, 1.165) is 22.2 Å². The molecule has 1 aromatic carbocycles. The van der Waals surface area contributed by atoms with E-state index in [4.69, 9.17) is 4.74 Å². The van der Waals surface area contributed by atoms with Crippen molar-refractivity contribution in [3.05, 3.63) is 27.8 Å². The number of ether oxygens (including phenoxy) is 1. The first-order chi connectivity index (χ1) is 8.24. The summed E-state index contributed by atoms with van der Waals surface area (Å²) in [6.07, 6.45) is 4.66. The molecule has 0 atom stereocenters. The van der Waals surface area contributed by atoms with E-state index >= 15 is 0 Å². The predicted octanol–water partition coefficient (Wildman–Crippen LogP) is 2.73. The number of benzene rings is 1. The van der Waals surface area contributed by atoms with Crippen LogP contribution < -0.4 is 10.1 Å². The second kappa shape index (κ2) is 6.23. The minimum absolute atomic E-state index is 0.0178. The summed E-state index contributed by atoms with van der Waals surface area (Å²) < 4.78 is 6.55. The fourth-order valence-corrected chi connectivity index (χ4v) is 2.56. The van der Waals surface area contributed by atoms with Crippen molar-refractivity contribution in [1.29, 1.82) is 0 Å². The van der Waals surface area contributed by atoms with Crippen LogP contribution in [0.5, 0.6) is 5.75 Å². The van der Waals surface area contributed by atoms with Gasteiger partial charge in [-0.15, -0.1) is 0 Å². The van der Waals surface area contributed by atoms with E-state index in [9.17, 15) is 4.79 Å². The van der Waals surface area contributed by atoms with Gasteiger partial charge in [-0.1, -0.05) is 18.9 Å². The van der Waals surface area contributed by atoms with Crippen LogP contribution in [0.3, 0.4) is 0 Å². The molecule has 0 bridgehead atoms. The number of rotatable bonds is 4. The summed E-state index contributed by atoms with van der Waals surface area (Å²) in [5.41, 5.74) is 0. The monoisotopic (exact) mass is 345 g/mol. The molecule has 17 heavy (non-hydrogen) atoms. The van der Waals surface area contributed by atoms with Gasteiger partial charge in [-0.2, -0.15) is 0 Å². The lowest BCUT2D eigenvalue weighted by Crippen LogP contribution is -2.36. The second-order valence-corrected chi connectivity index (χ2v) is 5.54. The van der Waals surface area contributed by atoms with E-state index in [-0.39, 0.29) is 12.5 Å². The average molecular weight is 345 g/mol. The van der Waals surface area contributed by atoms with Crippen molar-refractivity contribution in [3.63, 3.8) is 0 Å². The molecule has 0 unspecified atom stereocenters. The Labute approximate surface area is 115 Å². The van der Waals surface area contributed by atoms with Crippen LogP contribution in [-0.2, 0) is 4.79 Å². The molecule has 3 nitrogen and oxygen atoms in total. The highest BCUT2D eigenvalue weighted by Crippen LogP contribution is 2.18. The van der Waals surface area contributed by atoms with Crippen LogP contribution in [0.2, 0.25) is 0 Å². The van der Waals surface area contributed by atoms with E-state index in [1.54, 1.807) is 0 Å². The highest BCUT2D eigenvalue weighted by atomic mass is 127. The topological polar surface area (TPSA) is 38.3 Å². The number of carbonyl (C=O) groups excluding carboxylic acids is 1. The maximum Gasteiger partial charge on any atom is 0.258 e. The van der Waals surface area contributed by atoms with Crippen LogP contribution in [0.1, 0.15) is 25.7 Å². The number of hydrogen-bond acceptors (Lipinski definition) is 2. The van der Waals surface area contributed by atoms with Crippen LogP contribution in [0.25, 0.3) is 0 Å². The Morgan fingerprint density at radius 1 is 1.41 bits per heavy atom. The Kier molecular flexibility index (Phi) is 4.65. The molecule has 0 radical (unpaired) electrons. The lowest BCUT2D eigenvalue weighted by atomic mass is 10.2. The summed E-state index contributed by atoms with van der Waals surface area (Å²) in [5, 5.41) is 3.00. The molecular formula is C13H16INO2. The predicted molar refractivity (Wildman–Crippen MR) is 75.1 cm³/mol. The normalized spacial score (nSPS) is 15.8. The van der Waals surface area contributed by atoms with Crippen molar-refractivity contribution in [1.82, 2.24) is 5.32 Å². The van der Waals surface area contributed by atoms with Gasteiger partial charge in [0, 0.05) is 9.61 Å². The van der Waals surface area contributed by atoms with Gasteiger partial charge in [0.05, 0.1) is 0 Å². The molecule has 1 saturated carbocycles. The first-order valence-electron chi connectivity index (χ1n) is 5.92. The van der Waals surface area contributed by atoms with Crippen molar-refractivity contribution >= 4 is 28.5 Å². The second-order valence-electron chi connectivity index (χ2n) is 4.29. The molecule has 1 fully saturated rings. The first-order valence-corrected chi connectivity index (χ1v) is 6.99. The van der Waals surface area contributed by atoms with Gasteiger partial charge in [0.25, 0.3) is 5.91 Å². The summed E-state index contributed by atoms with van der Waals surface area (Å²) >= 11 is 2.22. The van der Waals surface area contributed by atoms with Gasteiger partial charge in [-0.3, -0.25) is 4.79 Å². The quantitative estimate of drug-likeness (QED) is 0.853. The summed E-state index contributed by atoms with van der Waals surface area (Å²) in [5.74, 6) is 0.731. The Balaban J connectivity index is 1.75. The zero-order valence-corrected chi connectivity index (χ0v) is 11.8. The van der Waals surface area contributed by atoms with E-state index in [1.165, 1.54) is 12.8 Å². The largest absolute Gasteiger partial charge is 0.484 e. The number of hydrogen-bond donors (Lipinski definition) is 1. The molecule has 0 heterocycles. The summed E-state index contributed by atoms with van der Waals surface area (Å²) in [4.78, 5) is 11.6. The zero-order chi connectivity index (χ0) is 12.1. The molecule has 0 saturated heterocycles. The number of nitrogens with one attached hydrogen (secondary N) is 1. The smallest absolute Gasteiger partial charge is 0.258 e. The molecular weight excluding hydrogens is 329 g/mol. The molecule has 92 valence electrons. The standard InChI is InChI=1S/C13H16INO2/c14-10-4-3-7-12(8-10)17-9-13(16)15-11-5-1-2-6-11/h3-4,7-8,11H,1-2,5-6,9H2,(H,15,16). The molecule has 0 aromatic heterocycles. The van der Waals surface area contributed by atoms with E-state index in [2.05, 4.69) is 27.9 Å². The van der Waals surface area contributed by atoms with Gasteiger partial charge < -0.3 is 10.1 Å². The molecule has 0 aliphatic heterocycles. The minimum atomic E-state index is -0.0178. The highest BCUT2D eigenvalue weighted by molar-refractivity contribution is 14.1. The van der Waals surface area contributed by atoms with E-state index in [0.29, 0.717) is 6.04 Å². The SMILES string of the molecule is O=C(COc1cccc(I)c1)NC1CCCC1. The van der Waals surface area contributed by atoms with Gasteiger partial charge >= 0.3 is 0 Å². The Hall–Kier alpha value is -0.780. The average Bonchev–Trinajstić information content (AvgIpc) is 2.79. The van der Waals surface area contributed by atoms with Gasteiger partial charge in [0.1, 0.15) is 5.75 Å². The molecule has 1 N–H and O–H groups in total. The Bertz CT molecular complexity index is 389. The third-order valence-corrected chi connectivity index (χ3v) is 3.56. The third-order valence-electron chi connectivity index (χ3n) is 2.89. The van der Waals surface area contributed by atoms with Crippen LogP contribution >= 0.6 is 22.6 Å². The van der Waals surface area contributed by atoms with Crippen molar-refractivity contribution < 1.29 is 9.53 Å². The molecule has 0 spiro atoms. The molecule has 4 heteroatoms. The van der Waals surface area contributed by atoms with Crippen LogP contribution in [-0.4, -0.2) is 18.6 Å². The number of amides is 1. The maximum absolute atomic E-state index is 11.6. The Morgan fingerprint density at radius 2 is 2.18 bits per heavy atom.